The van der Waals surface area contributed by atoms with Gasteiger partial charge in [0.1, 0.15) is 12.6 Å². The molecule has 0 saturated heterocycles. The van der Waals surface area contributed by atoms with Gasteiger partial charge >= 0.3 is 0 Å². The third-order valence-electron chi connectivity index (χ3n) is 7.51. The smallest absolute Gasteiger partial charge is 0.244 e. The van der Waals surface area contributed by atoms with E-state index in [-0.39, 0.29) is 40.6 Å². The molecule has 1 aliphatic rings. The Balaban J connectivity index is 1.73. The molecule has 0 radical (unpaired) electrons. The van der Waals surface area contributed by atoms with Crippen LogP contribution in [-0.4, -0.2) is 50.0 Å². The van der Waals surface area contributed by atoms with Gasteiger partial charge in [-0.15, -0.1) is 0 Å². The van der Waals surface area contributed by atoms with Gasteiger partial charge in [0.2, 0.25) is 21.8 Å². The molecule has 1 saturated carbocycles. The van der Waals surface area contributed by atoms with E-state index in [0.717, 1.165) is 59.4 Å². The quantitative estimate of drug-likeness (QED) is 0.275. The molecule has 1 aliphatic carbocycles. The first-order valence-corrected chi connectivity index (χ1v) is 16.7. The average molecular weight is 631 g/mol. The van der Waals surface area contributed by atoms with Crippen LogP contribution in [0.1, 0.15) is 48.8 Å². The van der Waals surface area contributed by atoms with Crippen LogP contribution in [0.25, 0.3) is 0 Å². The van der Waals surface area contributed by atoms with Crippen LogP contribution >= 0.6 is 23.2 Å². The number of carbonyl (C=O) groups excluding carboxylic acids is 2. The first-order valence-electron chi connectivity index (χ1n) is 14.1. The molecule has 3 aromatic carbocycles. The Labute approximate surface area is 258 Å². The number of sulfonamides is 1. The number of nitrogens with zero attached hydrogens (tertiary/aromatic N) is 2. The minimum absolute atomic E-state index is 0.0435. The number of halogens is 2. The van der Waals surface area contributed by atoms with Crippen LogP contribution in [0.3, 0.4) is 0 Å². The maximum atomic E-state index is 14.2. The van der Waals surface area contributed by atoms with Crippen molar-refractivity contribution in [3.63, 3.8) is 0 Å². The van der Waals surface area contributed by atoms with Crippen molar-refractivity contribution in [2.75, 3.05) is 17.1 Å². The van der Waals surface area contributed by atoms with E-state index in [0.29, 0.717) is 0 Å². The monoisotopic (exact) mass is 629 g/mol. The Kier molecular flexibility index (Phi) is 10.9. The van der Waals surface area contributed by atoms with Gasteiger partial charge in [0, 0.05) is 29.1 Å². The number of benzene rings is 3. The molecule has 1 N–H and O–H groups in total. The number of aryl methyl sites for hydroxylation is 1. The summed E-state index contributed by atoms with van der Waals surface area (Å²) in [6.45, 7) is 1.58. The van der Waals surface area contributed by atoms with E-state index >= 15 is 0 Å². The lowest BCUT2D eigenvalue weighted by Gasteiger charge is -2.35. The van der Waals surface area contributed by atoms with Crippen molar-refractivity contribution in [2.24, 2.45) is 0 Å². The third-order valence-corrected chi connectivity index (χ3v) is 9.09. The Morgan fingerprint density at radius 1 is 0.905 bits per heavy atom. The topological polar surface area (TPSA) is 86.8 Å². The van der Waals surface area contributed by atoms with Crippen molar-refractivity contribution in [1.82, 2.24) is 10.2 Å². The summed E-state index contributed by atoms with van der Waals surface area (Å²) in [7, 11) is -3.92. The minimum atomic E-state index is -3.92. The molecule has 0 spiro atoms. The SMILES string of the molecule is Cc1ccc(CN(C(=O)CN(c2cc(Cl)cc(Cl)c2)S(C)(=O)=O)[C@@H](Cc2ccccc2)C(=O)NC2CCCCC2)cc1. The molecule has 0 aromatic heterocycles. The van der Waals surface area contributed by atoms with Crippen LogP contribution in [0.15, 0.2) is 72.8 Å². The van der Waals surface area contributed by atoms with Crippen molar-refractivity contribution < 1.29 is 18.0 Å². The normalized spacial score (nSPS) is 14.7. The van der Waals surface area contributed by atoms with Gasteiger partial charge in [-0.3, -0.25) is 13.9 Å². The van der Waals surface area contributed by atoms with Crippen LogP contribution in [0.5, 0.6) is 0 Å². The fraction of sp³-hybridized carbons (Fsp3) is 0.375. The predicted octanol–water partition coefficient (Wildman–Crippen LogP) is 6.16. The number of hydrogen-bond acceptors (Lipinski definition) is 4. The van der Waals surface area contributed by atoms with Crippen LogP contribution in [0.2, 0.25) is 10.0 Å². The average Bonchev–Trinajstić information content (AvgIpc) is 2.94. The zero-order chi connectivity index (χ0) is 30.3. The molecule has 42 heavy (non-hydrogen) atoms. The number of rotatable bonds is 11. The van der Waals surface area contributed by atoms with Crippen molar-refractivity contribution in [2.45, 2.75) is 64.1 Å². The largest absolute Gasteiger partial charge is 0.352 e. The van der Waals surface area contributed by atoms with Crippen molar-refractivity contribution in [3.05, 3.63) is 99.5 Å². The van der Waals surface area contributed by atoms with Crippen LogP contribution in [0.4, 0.5) is 5.69 Å². The van der Waals surface area contributed by atoms with Crippen LogP contribution in [0, 0.1) is 6.92 Å². The summed E-state index contributed by atoms with van der Waals surface area (Å²) in [6, 6.07) is 20.8. The molecule has 7 nitrogen and oxygen atoms in total. The van der Waals surface area contributed by atoms with E-state index in [2.05, 4.69) is 5.32 Å². The standard InChI is InChI=1S/C32H37Cl2N3O4S/c1-23-13-15-25(16-14-23)21-36(31(38)22-37(42(2,40)41)29-19-26(33)18-27(34)20-29)30(17-24-9-5-3-6-10-24)32(39)35-28-11-7-4-8-12-28/h3,5-6,9-10,13-16,18-20,28,30H,4,7-8,11-12,17,21-22H2,1-2H3,(H,35,39)/t30-/m0/s1. The molecule has 1 fully saturated rings. The fourth-order valence-electron chi connectivity index (χ4n) is 5.29. The summed E-state index contributed by atoms with van der Waals surface area (Å²) in [5.74, 6) is -0.764. The molecule has 0 bridgehead atoms. The second-order valence-electron chi connectivity index (χ2n) is 11.0. The first kappa shape index (κ1) is 31.9. The lowest BCUT2D eigenvalue weighted by Crippen LogP contribution is -2.55. The Morgan fingerprint density at radius 3 is 2.12 bits per heavy atom. The van der Waals surface area contributed by atoms with E-state index < -0.39 is 28.5 Å². The molecule has 0 heterocycles. The van der Waals surface area contributed by atoms with E-state index in [4.69, 9.17) is 23.2 Å². The Bertz CT molecular complexity index is 1460. The summed E-state index contributed by atoms with van der Waals surface area (Å²) in [6.07, 6.45) is 6.33. The summed E-state index contributed by atoms with van der Waals surface area (Å²) in [5.41, 5.74) is 2.96. The molecule has 1 atom stereocenters. The second-order valence-corrected chi connectivity index (χ2v) is 13.7. The van der Waals surface area contributed by atoms with E-state index in [1.165, 1.54) is 23.1 Å². The highest BCUT2D eigenvalue weighted by Gasteiger charge is 2.34. The zero-order valence-corrected chi connectivity index (χ0v) is 26.3. The summed E-state index contributed by atoms with van der Waals surface area (Å²) < 4.78 is 26.9. The molecule has 0 unspecified atom stereocenters. The van der Waals surface area contributed by atoms with Crippen molar-refractivity contribution in [1.29, 1.82) is 0 Å². The Morgan fingerprint density at radius 2 is 1.52 bits per heavy atom. The van der Waals surface area contributed by atoms with Gasteiger partial charge in [0.15, 0.2) is 0 Å². The van der Waals surface area contributed by atoms with Crippen LogP contribution in [-0.2, 0) is 32.6 Å². The van der Waals surface area contributed by atoms with Gasteiger partial charge in [-0.05, 0) is 49.1 Å². The number of anilines is 1. The minimum Gasteiger partial charge on any atom is -0.352 e. The van der Waals surface area contributed by atoms with Gasteiger partial charge < -0.3 is 10.2 Å². The first-order chi connectivity index (χ1) is 20.0. The molecule has 4 rings (SSSR count). The van der Waals surface area contributed by atoms with Gasteiger partial charge in [-0.1, -0.05) is 103 Å². The lowest BCUT2D eigenvalue weighted by molar-refractivity contribution is -0.140. The molecular formula is C32H37Cl2N3O4S. The molecule has 224 valence electrons. The summed E-state index contributed by atoms with van der Waals surface area (Å²) >= 11 is 12.4. The maximum Gasteiger partial charge on any atom is 0.244 e. The third kappa shape index (κ3) is 8.96. The molecular weight excluding hydrogens is 593 g/mol. The van der Waals surface area contributed by atoms with Gasteiger partial charge in [0.25, 0.3) is 0 Å². The summed E-state index contributed by atoms with van der Waals surface area (Å²) in [5, 5.41) is 3.68. The lowest BCUT2D eigenvalue weighted by atomic mass is 9.94. The number of hydrogen-bond donors (Lipinski definition) is 1. The Hall–Kier alpha value is -3.07. The highest BCUT2D eigenvalue weighted by atomic mass is 35.5. The van der Waals surface area contributed by atoms with E-state index in [1.807, 2.05) is 61.5 Å². The van der Waals surface area contributed by atoms with Crippen LogP contribution < -0.4 is 9.62 Å². The fourth-order valence-corrected chi connectivity index (χ4v) is 6.63. The van der Waals surface area contributed by atoms with Gasteiger partial charge in [-0.2, -0.15) is 0 Å². The molecule has 0 aliphatic heterocycles. The maximum absolute atomic E-state index is 14.2. The highest BCUT2D eigenvalue weighted by molar-refractivity contribution is 7.92. The number of carbonyl (C=O) groups is 2. The summed E-state index contributed by atoms with van der Waals surface area (Å²) in [4.78, 5) is 29.7. The molecule has 2 amide bonds. The van der Waals surface area contributed by atoms with Gasteiger partial charge in [0.05, 0.1) is 11.9 Å². The van der Waals surface area contributed by atoms with Crippen molar-refractivity contribution in [3.8, 4) is 0 Å². The molecule has 3 aromatic rings. The van der Waals surface area contributed by atoms with Gasteiger partial charge in [-0.25, -0.2) is 8.42 Å². The number of amides is 2. The predicted molar refractivity (Wildman–Crippen MR) is 169 cm³/mol. The second kappa shape index (κ2) is 14.4. The van der Waals surface area contributed by atoms with Crippen molar-refractivity contribution >= 4 is 50.7 Å². The molecule has 10 heteroatoms. The highest BCUT2D eigenvalue weighted by Crippen LogP contribution is 2.28. The number of nitrogens with one attached hydrogen (secondary N) is 1. The zero-order valence-electron chi connectivity index (χ0n) is 23.9. The van der Waals surface area contributed by atoms with E-state index in [9.17, 15) is 18.0 Å². The van der Waals surface area contributed by atoms with E-state index in [1.54, 1.807) is 0 Å².